The van der Waals surface area contributed by atoms with Gasteiger partial charge in [0.25, 0.3) is 0 Å². The van der Waals surface area contributed by atoms with Gasteiger partial charge >= 0.3 is 0 Å². The van der Waals surface area contributed by atoms with Gasteiger partial charge in [-0.2, -0.15) is 0 Å². The van der Waals surface area contributed by atoms with E-state index in [0.29, 0.717) is 6.54 Å². The smallest absolute Gasteiger partial charge is 0.176 e. The summed E-state index contributed by atoms with van der Waals surface area (Å²) in [6.45, 7) is 1.12. The van der Waals surface area contributed by atoms with Crippen molar-refractivity contribution in [3.63, 3.8) is 0 Å². The molecule has 3 nitrogen and oxygen atoms in total. The van der Waals surface area contributed by atoms with Crippen LogP contribution in [-0.2, 0) is 6.42 Å². The molecule has 2 rings (SSSR count). The zero-order valence-corrected chi connectivity index (χ0v) is 8.17. The third-order valence-electron chi connectivity index (χ3n) is 2.35. The molecule has 1 aliphatic heterocycles. The molecule has 0 bridgehead atoms. The van der Waals surface area contributed by atoms with Gasteiger partial charge in [-0.25, -0.2) is 0 Å². The van der Waals surface area contributed by atoms with Crippen molar-refractivity contribution in [3.05, 3.63) is 29.3 Å². The standard InChI is InChI=1S/C11H13NO2/c1-12-7-10(13)8-2-3-11-9(6-8)4-5-14-11/h2-3,6,12H,4-5,7H2,1H3. The Bertz CT molecular complexity index is 360. The molecule has 0 amide bonds. The molecule has 0 unspecified atom stereocenters. The van der Waals surface area contributed by atoms with Gasteiger partial charge in [0.15, 0.2) is 5.78 Å². The molecule has 0 spiro atoms. The Hall–Kier alpha value is -1.35. The molecule has 0 aromatic heterocycles. The van der Waals surface area contributed by atoms with Crippen LogP contribution in [0.3, 0.4) is 0 Å². The van der Waals surface area contributed by atoms with Gasteiger partial charge < -0.3 is 10.1 Å². The van der Waals surface area contributed by atoms with Crippen LogP contribution in [0.25, 0.3) is 0 Å². The first-order chi connectivity index (χ1) is 6.81. The third-order valence-corrected chi connectivity index (χ3v) is 2.35. The average Bonchev–Trinajstić information content (AvgIpc) is 2.64. The largest absolute Gasteiger partial charge is 0.493 e. The van der Waals surface area contributed by atoms with Crippen molar-refractivity contribution < 1.29 is 9.53 Å². The molecule has 1 N–H and O–H groups in total. The lowest BCUT2D eigenvalue weighted by atomic mass is 10.1. The quantitative estimate of drug-likeness (QED) is 0.725. The first kappa shape index (κ1) is 9.21. The van der Waals surface area contributed by atoms with Crippen LogP contribution < -0.4 is 10.1 Å². The van der Waals surface area contributed by atoms with Crippen LogP contribution in [0.5, 0.6) is 5.75 Å². The molecule has 1 aromatic rings. The van der Waals surface area contributed by atoms with Crippen molar-refractivity contribution in [2.24, 2.45) is 0 Å². The predicted octanol–water partition coefficient (Wildman–Crippen LogP) is 1.02. The maximum atomic E-state index is 11.5. The normalized spacial score (nSPS) is 13.5. The minimum atomic E-state index is 0.127. The van der Waals surface area contributed by atoms with E-state index in [1.807, 2.05) is 18.2 Å². The molecule has 0 aliphatic carbocycles. The fourth-order valence-electron chi connectivity index (χ4n) is 1.62. The van der Waals surface area contributed by atoms with Crippen molar-refractivity contribution in [1.82, 2.24) is 5.32 Å². The molecular formula is C11H13NO2. The summed E-state index contributed by atoms with van der Waals surface area (Å²) in [7, 11) is 1.77. The Labute approximate surface area is 83.1 Å². The number of fused-ring (bicyclic) bond motifs is 1. The number of ketones is 1. The van der Waals surface area contributed by atoms with E-state index in [0.717, 1.165) is 29.9 Å². The zero-order valence-electron chi connectivity index (χ0n) is 8.17. The Morgan fingerprint density at radius 1 is 1.57 bits per heavy atom. The lowest BCUT2D eigenvalue weighted by molar-refractivity contribution is 0.0993. The third kappa shape index (κ3) is 1.63. The highest BCUT2D eigenvalue weighted by Crippen LogP contribution is 2.25. The molecule has 0 saturated carbocycles. The lowest BCUT2D eigenvalue weighted by Crippen LogP contribution is -2.18. The maximum Gasteiger partial charge on any atom is 0.176 e. The van der Waals surface area contributed by atoms with E-state index < -0.39 is 0 Å². The maximum absolute atomic E-state index is 11.5. The summed E-state index contributed by atoms with van der Waals surface area (Å²) in [4.78, 5) is 11.5. The molecule has 0 saturated heterocycles. The summed E-state index contributed by atoms with van der Waals surface area (Å²) in [5.74, 6) is 1.05. The monoisotopic (exact) mass is 191 g/mol. The average molecular weight is 191 g/mol. The second kappa shape index (κ2) is 3.80. The van der Waals surface area contributed by atoms with Crippen LogP contribution in [0.4, 0.5) is 0 Å². The summed E-state index contributed by atoms with van der Waals surface area (Å²) in [5.41, 5.74) is 1.91. The molecule has 0 atom stereocenters. The van der Waals surface area contributed by atoms with Gasteiger partial charge in [-0.3, -0.25) is 4.79 Å². The molecule has 74 valence electrons. The van der Waals surface area contributed by atoms with Gasteiger partial charge in [-0.05, 0) is 30.8 Å². The van der Waals surface area contributed by atoms with E-state index in [4.69, 9.17) is 4.74 Å². The number of nitrogens with one attached hydrogen (secondary N) is 1. The molecule has 1 aromatic carbocycles. The number of Topliss-reactive ketones (excluding diaryl/α,β-unsaturated/α-hetero) is 1. The first-order valence-electron chi connectivity index (χ1n) is 4.75. The van der Waals surface area contributed by atoms with E-state index >= 15 is 0 Å². The Morgan fingerprint density at radius 3 is 3.21 bits per heavy atom. The fraction of sp³-hybridized carbons (Fsp3) is 0.364. The van der Waals surface area contributed by atoms with Crippen LogP contribution in [0.15, 0.2) is 18.2 Å². The Balaban J connectivity index is 2.24. The molecule has 1 heterocycles. The van der Waals surface area contributed by atoms with Gasteiger partial charge in [-0.15, -0.1) is 0 Å². The van der Waals surface area contributed by atoms with Crippen LogP contribution in [0.2, 0.25) is 0 Å². The summed E-state index contributed by atoms with van der Waals surface area (Å²) < 4.78 is 5.37. The second-order valence-corrected chi connectivity index (χ2v) is 3.37. The molecule has 1 aliphatic rings. The topological polar surface area (TPSA) is 38.3 Å². The number of benzene rings is 1. The van der Waals surface area contributed by atoms with Crippen molar-refractivity contribution in [3.8, 4) is 5.75 Å². The SMILES string of the molecule is CNCC(=O)c1ccc2c(c1)CCO2. The van der Waals surface area contributed by atoms with Crippen LogP contribution in [0.1, 0.15) is 15.9 Å². The molecular weight excluding hydrogens is 178 g/mol. The summed E-state index contributed by atoms with van der Waals surface area (Å²) in [6.07, 6.45) is 0.913. The number of hydrogen-bond donors (Lipinski definition) is 1. The van der Waals surface area contributed by atoms with Gasteiger partial charge in [-0.1, -0.05) is 0 Å². The van der Waals surface area contributed by atoms with E-state index in [1.165, 1.54) is 0 Å². The van der Waals surface area contributed by atoms with Crippen LogP contribution in [-0.4, -0.2) is 26.0 Å². The van der Waals surface area contributed by atoms with Crippen LogP contribution >= 0.6 is 0 Å². The number of ether oxygens (including phenoxy) is 1. The summed E-state index contributed by atoms with van der Waals surface area (Å²) >= 11 is 0. The number of hydrogen-bond acceptors (Lipinski definition) is 3. The molecule has 0 fully saturated rings. The minimum Gasteiger partial charge on any atom is -0.493 e. The lowest BCUT2D eigenvalue weighted by Gasteiger charge is -2.02. The highest BCUT2D eigenvalue weighted by atomic mass is 16.5. The second-order valence-electron chi connectivity index (χ2n) is 3.37. The molecule has 3 heteroatoms. The van der Waals surface area contributed by atoms with Gasteiger partial charge in [0.05, 0.1) is 13.2 Å². The summed E-state index contributed by atoms with van der Waals surface area (Å²) in [6, 6.07) is 5.64. The first-order valence-corrected chi connectivity index (χ1v) is 4.75. The van der Waals surface area contributed by atoms with E-state index in [1.54, 1.807) is 7.05 Å². The molecule has 0 radical (unpaired) electrons. The van der Waals surface area contributed by atoms with E-state index in [-0.39, 0.29) is 5.78 Å². The highest BCUT2D eigenvalue weighted by Gasteiger charge is 2.14. The van der Waals surface area contributed by atoms with Crippen molar-refractivity contribution in [2.75, 3.05) is 20.2 Å². The van der Waals surface area contributed by atoms with Gasteiger partial charge in [0, 0.05) is 12.0 Å². The van der Waals surface area contributed by atoms with Crippen molar-refractivity contribution in [1.29, 1.82) is 0 Å². The predicted molar refractivity (Wildman–Crippen MR) is 53.9 cm³/mol. The fourth-order valence-corrected chi connectivity index (χ4v) is 1.62. The summed E-state index contributed by atoms with van der Waals surface area (Å²) in [5, 5.41) is 2.85. The van der Waals surface area contributed by atoms with Gasteiger partial charge in [0.2, 0.25) is 0 Å². The molecule has 14 heavy (non-hydrogen) atoms. The number of carbonyl (C=O) groups excluding carboxylic acids is 1. The van der Waals surface area contributed by atoms with Gasteiger partial charge in [0.1, 0.15) is 5.75 Å². The van der Waals surface area contributed by atoms with Crippen molar-refractivity contribution in [2.45, 2.75) is 6.42 Å². The zero-order chi connectivity index (χ0) is 9.97. The number of likely N-dealkylation sites (N-methyl/N-ethyl adjacent to an activating group) is 1. The minimum absolute atomic E-state index is 0.127. The van der Waals surface area contributed by atoms with E-state index in [9.17, 15) is 4.79 Å². The Morgan fingerprint density at radius 2 is 2.43 bits per heavy atom. The number of carbonyl (C=O) groups is 1. The highest BCUT2D eigenvalue weighted by molar-refractivity contribution is 5.98. The van der Waals surface area contributed by atoms with Crippen molar-refractivity contribution >= 4 is 5.78 Å². The number of rotatable bonds is 3. The van der Waals surface area contributed by atoms with Crippen LogP contribution in [0, 0.1) is 0 Å². The van der Waals surface area contributed by atoms with E-state index in [2.05, 4.69) is 5.32 Å². The Kier molecular flexibility index (Phi) is 2.50.